The Hall–Kier alpha value is -1.36. The molecule has 0 aliphatic carbocycles. The van der Waals surface area contributed by atoms with E-state index in [4.69, 9.17) is 9.84 Å². The summed E-state index contributed by atoms with van der Waals surface area (Å²) in [5, 5.41) is 8.93. The van der Waals surface area contributed by atoms with Gasteiger partial charge in [-0.15, -0.1) is 0 Å². The number of esters is 1. The minimum Gasteiger partial charge on any atom is -0.481 e. The predicted molar refractivity (Wildman–Crippen MR) is 44.4 cm³/mol. The lowest BCUT2D eigenvalue weighted by atomic mass is 9.83. The quantitative estimate of drug-likeness (QED) is 0.492. The summed E-state index contributed by atoms with van der Waals surface area (Å²) in [6.45, 7) is 0. The molecule has 2 rings (SSSR count). The van der Waals surface area contributed by atoms with Crippen LogP contribution < -0.4 is 0 Å². The molecule has 5 nitrogen and oxygen atoms in total. The fraction of sp³-hybridized carbons (Fsp3) is 0.556. The van der Waals surface area contributed by atoms with Gasteiger partial charge < -0.3 is 14.6 Å². The van der Waals surface area contributed by atoms with Gasteiger partial charge in [0.1, 0.15) is 11.8 Å². The average Bonchev–Trinajstić information content (AvgIpc) is 2.74. The lowest BCUT2D eigenvalue weighted by Crippen LogP contribution is -2.36. The number of methoxy groups -OCH3 is 1. The molecule has 0 aromatic carbocycles. The van der Waals surface area contributed by atoms with Crippen LogP contribution in [0.4, 0.5) is 0 Å². The number of aliphatic carboxylic acids is 1. The largest absolute Gasteiger partial charge is 0.481 e. The van der Waals surface area contributed by atoms with Crippen molar-refractivity contribution in [2.24, 2.45) is 11.8 Å². The normalized spacial score (nSPS) is 38.6. The number of carboxylic acid groups (broad SMARTS) is 1. The molecule has 2 aliphatic rings. The molecule has 1 N–H and O–H groups in total. The van der Waals surface area contributed by atoms with Crippen molar-refractivity contribution in [1.82, 2.24) is 0 Å². The molecule has 0 spiro atoms. The third-order valence-electron chi connectivity index (χ3n) is 2.66. The topological polar surface area (TPSA) is 72.8 Å². The minimum atomic E-state index is -1.02. The van der Waals surface area contributed by atoms with Crippen LogP contribution in [0.1, 0.15) is 0 Å². The Morgan fingerprint density at radius 1 is 1.29 bits per heavy atom. The van der Waals surface area contributed by atoms with Gasteiger partial charge in [-0.2, -0.15) is 0 Å². The summed E-state index contributed by atoms with van der Waals surface area (Å²) in [4.78, 5) is 22.2. The highest BCUT2D eigenvalue weighted by atomic mass is 16.5. The molecule has 1 saturated heterocycles. The molecule has 0 aromatic rings. The summed E-state index contributed by atoms with van der Waals surface area (Å²) in [6.07, 6.45) is 2.48. The van der Waals surface area contributed by atoms with E-state index >= 15 is 0 Å². The highest BCUT2D eigenvalue weighted by Gasteiger charge is 2.53. The Morgan fingerprint density at radius 3 is 2.36 bits per heavy atom. The molecule has 76 valence electrons. The van der Waals surface area contributed by atoms with Crippen molar-refractivity contribution in [3.8, 4) is 0 Å². The first-order valence-corrected chi connectivity index (χ1v) is 4.29. The third-order valence-corrected chi connectivity index (χ3v) is 2.66. The number of hydrogen-bond donors (Lipinski definition) is 1. The maximum atomic E-state index is 11.3. The number of ether oxygens (including phenoxy) is 2. The molecule has 2 aliphatic heterocycles. The van der Waals surface area contributed by atoms with Crippen molar-refractivity contribution in [2.75, 3.05) is 7.11 Å². The second-order valence-electron chi connectivity index (χ2n) is 3.36. The molecule has 4 atom stereocenters. The van der Waals surface area contributed by atoms with Gasteiger partial charge in [0.2, 0.25) is 0 Å². The summed E-state index contributed by atoms with van der Waals surface area (Å²) in [6, 6.07) is 0. The van der Waals surface area contributed by atoms with E-state index in [9.17, 15) is 9.59 Å². The zero-order valence-corrected chi connectivity index (χ0v) is 7.54. The van der Waals surface area contributed by atoms with Crippen molar-refractivity contribution in [3.05, 3.63) is 12.2 Å². The van der Waals surface area contributed by atoms with E-state index < -0.39 is 36.0 Å². The molecule has 2 heterocycles. The molecular weight excluding hydrogens is 188 g/mol. The fourth-order valence-electron chi connectivity index (χ4n) is 2.02. The van der Waals surface area contributed by atoms with Crippen LogP contribution in [0.15, 0.2) is 12.2 Å². The smallest absolute Gasteiger partial charge is 0.312 e. The summed E-state index contributed by atoms with van der Waals surface area (Å²) < 4.78 is 9.84. The fourth-order valence-corrected chi connectivity index (χ4v) is 2.02. The lowest BCUT2D eigenvalue weighted by Gasteiger charge is -2.18. The van der Waals surface area contributed by atoms with Gasteiger partial charge >= 0.3 is 11.9 Å². The molecule has 5 heteroatoms. The number of carboxylic acids is 1. The standard InChI is InChI=1S/C9H10O5/c1-13-9(12)7-5-3-2-4(14-5)6(7)8(10)11/h2-7H,1H3,(H,10,11)/t4-,5+,6-,7+/m0/s1. The van der Waals surface area contributed by atoms with Gasteiger partial charge in [-0.05, 0) is 0 Å². The van der Waals surface area contributed by atoms with E-state index in [1.165, 1.54) is 7.11 Å². The first kappa shape index (κ1) is 9.21. The van der Waals surface area contributed by atoms with Crippen LogP contribution >= 0.6 is 0 Å². The van der Waals surface area contributed by atoms with Crippen LogP contribution in [0, 0.1) is 11.8 Å². The summed E-state index contributed by atoms with van der Waals surface area (Å²) in [5.41, 5.74) is 0. The van der Waals surface area contributed by atoms with Crippen LogP contribution in [0.5, 0.6) is 0 Å². The predicted octanol–water partition coefficient (Wildman–Crippen LogP) is -0.186. The van der Waals surface area contributed by atoms with Crippen molar-refractivity contribution in [2.45, 2.75) is 12.2 Å². The van der Waals surface area contributed by atoms with Gasteiger partial charge in [-0.1, -0.05) is 12.2 Å². The monoisotopic (exact) mass is 198 g/mol. The second kappa shape index (κ2) is 3.09. The van der Waals surface area contributed by atoms with Gasteiger partial charge in [0.05, 0.1) is 19.3 Å². The molecule has 0 radical (unpaired) electrons. The van der Waals surface area contributed by atoms with E-state index in [0.717, 1.165) is 0 Å². The van der Waals surface area contributed by atoms with Crippen molar-refractivity contribution >= 4 is 11.9 Å². The first-order valence-electron chi connectivity index (χ1n) is 4.29. The number of carbonyl (C=O) groups is 2. The van der Waals surface area contributed by atoms with Gasteiger partial charge in [-0.3, -0.25) is 9.59 Å². The third kappa shape index (κ3) is 1.13. The molecule has 0 aromatic heterocycles. The summed E-state index contributed by atoms with van der Waals surface area (Å²) >= 11 is 0. The van der Waals surface area contributed by atoms with E-state index in [0.29, 0.717) is 0 Å². The Morgan fingerprint density at radius 2 is 1.86 bits per heavy atom. The summed E-state index contributed by atoms with van der Waals surface area (Å²) in [5.74, 6) is -3.04. The number of rotatable bonds is 2. The van der Waals surface area contributed by atoms with E-state index in [1.807, 2.05) is 0 Å². The molecule has 2 bridgehead atoms. The van der Waals surface area contributed by atoms with Crippen molar-refractivity contribution < 1.29 is 24.2 Å². The Balaban J connectivity index is 2.26. The Kier molecular flexibility index (Phi) is 2.03. The molecule has 0 amide bonds. The first-order chi connectivity index (χ1) is 6.65. The average molecular weight is 198 g/mol. The van der Waals surface area contributed by atoms with Gasteiger partial charge in [0.25, 0.3) is 0 Å². The van der Waals surface area contributed by atoms with Crippen LogP contribution in [-0.2, 0) is 19.1 Å². The molecule has 0 unspecified atom stereocenters. The number of carbonyl (C=O) groups excluding carboxylic acids is 1. The van der Waals surface area contributed by atoms with Crippen LogP contribution in [0.25, 0.3) is 0 Å². The molecular formula is C9H10O5. The SMILES string of the molecule is COC(=O)[C@H]1[C@@H](C(=O)O)[C@@H]2C=C[C@H]1O2. The van der Waals surface area contributed by atoms with Gasteiger partial charge in [0, 0.05) is 0 Å². The Labute approximate surface area is 80.3 Å². The lowest BCUT2D eigenvalue weighted by molar-refractivity contribution is -0.154. The highest BCUT2D eigenvalue weighted by Crippen LogP contribution is 2.39. The van der Waals surface area contributed by atoms with Crippen molar-refractivity contribution in [1.29, 1.82) is 0 Å². The van der Waals surface area contributed by atoms with Crippen LogP contribution in [0.2, 0.25) is 0 Å². The van der Waals surface area contributed by atoms with E-state index in [1.54, 1.807) is 12.2 Å². The van der Waals surface area contributed by atoms with Gasteiger partial charge in [-0.25, -0.2) is 0 Å². The van der Waals surface area contributed by atoms with Crippen LogP contribution in [0.3, 0.4) is 0 Å². The highest BCUT2D eigenvalue weighted by molar-refractivity contribution is 5.83. The minimum absolute atomic E-state index is 0.437. The zero-order valence-electron chi connectivity index (χ0n) is 7.54. The van der Waals surface area contributed by atoms with Crippen LogP contribution in [-0.4, -0.2) is 36.4 Å². The van der Waals surface area contributed by atoms with E-state index in [2.05, 4.69) is 4.74 Å². The zero-order chi connectivity index (χ0) is 10.3. The maximum absolute atomic E-state index is 11.3. The Bertz CT molecular complexity index is 308. The second-order valence-corrected chi connectivity index (χ2v) is 3.36. The van der Waals surface area contributed by atoms with Crippen molar-refractivity contribution in [3.63, 3.8) is 0 Å². The van der Waals surface area contributed by atoms with Gasteiger partial charge in [0.15, 0.2) is 0 Å². The summed E-state index contributed by atoms with van der Waals surface area (Å²) in [7, 11) is 1.25. The molecule has 14 heavy (non-hydrogen) atoms. The maximum Gasteiger partial charge on any atom is 0.312 e. The molecule has 0 saturated carbocycles. The molecule has 1 fully saturated rings. The number of fused-ring (bicyclic) bond motifs is 2. The van der Waals surface area contributed by atoms with E-state index in [-0.39, 0.29) is 0 Å². The number of hydrogen-bond acceptors (Lipinski definition) is 4.